The van der Waals surface area contributed by atoms with Gasteiger partial charge in [0.1, 0.15) is 22.4 Å². The molecule has 22 fully saturated rings. The van der Waals surface area contributed by atoms with E-state index in [1.165, 1.54) is 141 Å². The first-order valence-electron chi connectivity index (χ1n) is 48.7. The van der Waals surface area contributed by atoms with Crippen molar-refractivity contribution in [2.24, 2.45) is 174 Å². The highest BCUT2D eigenvalue weighted by Gasteiger charge is 2.74. The molecule has 0 aromatic carbocycles. The molecule has 0 spiro atoms. The summed E-state index contributed by atoms with van der Waals surface area (Å²) in [5.41, 5.74) is -3.35. The largest absolute Gasteiger partial charge is 0.460 e. The molecule has 22 aliphatic carbocycles. The summed E-state index contributed by atoms with van der Waals surface area (Å²) >= 11 is 0. The Hall–Kier alpha value is -3.26. The molecule has 0 heterocycles. The van der Waals surface area contributed by atoms with Crippen LogP contribution in [0.3, 0.4) is 0 Å². The summed E-state index contributed by atoms with van der Waals surface area (Å²) in [6.45, 7) is 61.9. The van der Waals surface area contributed by atoms with Crippen LogP contribution < -0.4 is 0 Å². The Balaban J connectivity index is 0.000000141. The maximum atomic E-state index is 12.9. The molecule has 0 radical (unpaired) electrons. The number of hydrogen-bond donors (Lipinski definition) is 0. The summed E-state index contributed by atoms with van der Waals surface area (Å²) in [5.74, 6) is 20.2. The van der Waals surface area contributed by atoms with E-state index in [1.807, 2.05) is 166 Å². The first kappa shape index (κ1) is 94.4. The lowest BCUT2D eigenvalue weighted by Gasteiger charge is -2.74. The summed E-state index contributed by atoms with van der Waals surface area (Å²) in [6.07, 6.45) is 34.2. The van der Waals surface area contributed by atoms with Gasteiger partial charge in [0, 0.05) is 5.41 Å². The molecular formula is C103H174O14. The fraction of sp³-hybridized carbons (Fsp3) is 0.942. The SMILES string of the molecule is CCC(C)(C)C(=O)OC(C)(C)C.CCC(C)(C)C(=O)OC(C)(C)C(C)C.CCC(C)(C)C(=O)OC(C)(C)C12CC3C4CC5CC3C(C1)C(C5)C4C2.CCC(C)(C)C(=O)OC(C)(C)C1CCCC1.CCC(C)(C)C(=O)OC(C)OC12CC3C4CC5CC3C(C1)C(C5)C4C2.CCC(C)(C)C(=O)OC(C)OC12CC3CC4C5CC(CC41)CC2C5C3. The molecule has 6 atom stereocenters. The maximum Gasteiger partial charge on any atom is 0.313 e. The Kier molecular flexibility index (Phi) is 27.4. The van der Waals surface area contributed by atoms with Gasteiger partial charge in [-0.05, 0) is 462 Å². The molecule has 117 heavy (non-hydrogen) atoms. The van der Waals surface area contributed by atoms with Crippen LogP contribution in [0.1, 0.15) is 394 Å². The van der Waals surface area contributed by atoms with E-state index in [9.17, 15) is 28.8 Å². The monoisotopic (exact) mass is 1640 g/mol. The lowest BCUT2D eigenvalue weighted by molar-refractivity contribution is -0.338. The molecule has 24 bridgehead atoms. The van der Waals surface area contributed by atoms with E-state index in [0.29, 0.717) is 11.8 Å². The molecule has 0 N–H and O–H groups in total. The van der Waals surface area contributed by atoms with Gasteiger partial charge < -0.3 is 37.9 Å². The van der Waals surface area contributed by atoms with Gasteiger partial charge in [-0.3, -0.25) is 28.8 Å². The molecule has 670 valence electrons. The molecule has 22 saturated carbocycles. The summed E-state index contributed by atoms with van der Waals surface area (Å²) in [5, 5.41) is 0. The van der Waals surface area contributed by atoms with Crippen molar-refractivity contribution in [1.29, 1.82) is 0 Å². The van der Waals surface area contributed by atoms with Gasteiger partial charge in [0.25, 0.3) is 0 Å². The lowest BCUT2D eigenvalue weighted by atomic mass is 9.31. The first-order valence-corrected chi connectivity index (χ1v) is 48.7. The Labute approximate surface area is 713 Å². The molecule has 0 saturated heterocycles. The Bertz CT molecular complexity index is 3340. The van der Waals surface area contributed by atoms with Gasteiger partial charge in [-0.2, -0.15) is 0 Å². The lowest BCUT2D eigenvalue weighted by Crippen LogP contribution is -2.72. The van der Waals surface area contributed by atoms with E-state index in [0.717, 1.165) is 163 Å². The minimum Gasteiger partial charge on any atom is -0.460 e. The number of esters is 6. The minimum absolute atomic E-state index is 0.00370. The van der Waals surface area contributed by atoms with Crippen molar-refractivity contribution >= 4 is 35.8 Å². The molecular weight excluding hydrogens is 1460 g/mol. The number of carbonyl (C=O) groups excluding carboxylic acids is 6. The summed E-state index contributed by atoms with van der Waals surface area (Å²) in [4.78, 5) is 73.1. The third-order valence-corrected chi connectivity index (χ3v) is 37.4. The minimum atomic E-state index is -0.420. The predicted octanol–water partition coefficient (Wildman–Crippen LogP) is 25.1. The van der Waals surface area contributed by atoms with Crippen molar-refractivity contribution in [3.8, 4) is 0 Å². The van der Waals surface area contributed by atoms with E-state index < -0.39 is 23.4 Å². The van der Waals surface area contributed by atoms with Gasteiger partial charge in [-0.15, -0.1) is 0 Å². The van der Waals surface area contributed by atoms with Crippen LogP contribution in [0, 0.1) is 174 Å². The Morgan fingerprint density at radius 1 is 0.316 bits per heavy atom. The van der Waals surface area contributed by atoms with E-state index in [2.05, 4.69) is 48.5 Å². The number of carbonyl (C=O) groups is 6. The van der Waals surface area contributed by atoms with Crippen molar-refractivity contribution < 1.29 is 66.7 Å². The van der Waals surface area contributed by atoms with Crippen LogP contribution in [0.25, 0.3) is 0 Å². The van der Waals surface area contributed by atoms with E-state index in [1.54, 1.807) is 0 Å². The quantitative estimate of drug-likeness (QED) is 0.0507. The summed E-state index contributed by atoms with van der Waals surface area (Å²) < 4.78 is 47.6. The van der Waals surface area contributed by atoms with Gasteiger partial charge in [-0.25, -0.2) is 0 Å². The number of ether oxygens (including phenoxy) is 8. The molecule has 14 heteroatoms. The fourth-order valence-electron chi connectivity index (χ4n) is 27.4. The zero-order valence-corrected chi connectivity index (χ0v) is 80.4. The standard InChI is InChI=1S/C23H36O2.2C22H34O3.C14H26O2.C12H24O2.C10H20O2/c1-6-21(2,3)20(24)25-22(4,5)23-10-17-14-7-13-8-15(17)19(12-23)16(9-13)18(14)11-23;1-5-21(3,4)20(23)24-12(2)25-22-11-14-7-16-15-6-13(9-18(16)22)10-19(22)17(15)8-14;1-5-21(3,4)20(23)24-12(2)25-22-9-17-14-6-13-7-15(17)19(11-22)16(8-13)18(14)10-22;1-6-13(2,3)12(15)16-14(4,5)11-9-7-8-10-11;1-8-11(4,5)10(13)14-12(6,7)9(2)3;1-7-10(5,6)8(11)12-9(2,3)4/h13-19H,6-12H2,1-5H3;2*12-19H,5-11H2,1-4H3;11H,6-10H2,1-5H3;9H,8H2,1-7H3;7H2,1-6H3. The Morgan fingerprint density at radius 2 is 0.607 bits per heavy atom. The normalized spacial score (nSPS) is 37.6. The van der Waals surface area contributed by atoms with Crippen molar-refractivity contribution in [2.45, 2.75) is 441 Å². The first-order chi connectivity index (χ1) is 53.9. The maximum absolute atomic E-state index is 12.9. The van der Waals surface area contributed by atoms with Crippen LogP contribution >= 0.6 is 0 Å². The third-order valence-electron chi connectivity index (χ3n) is 37.4. The molecule has 0 aromatic heterocycles. The smallest absolute Gasteiger partial charge is 0.313 e. The predicted molar refractivity (Wildman–Crippen MR) is 465 cm³/mol. The molecule has 6 unspecified atom stereocenters. The van der Waals surface area contributed by atoms with E-state index >= 15 is 0 Å². The molecule has 0 aliphatic heterocycles. The van der Waals surface area contributed by atoms with Crippen LogP contribution in [-0.4, -0.2) is 82.0 Å². The molecule has 22 rings (SSSR count). The zero-order chi connectivity index (χ0) is 86.9. The van der Waals surface area contributed by atoms with Crippen LogP contribution in [0.4, 0.5) is 0 Å². The van der Waals surface area contributed by atoms with Crippen molar-refractivity contribution in [2.75, 3.05) is 0 Å². The molecule has 0 amide bonds. The number of rotatable bonds is 24. The van der Waals surface area contributed by atoms with Gasteiger partial charge in [-0.1, -0.05) is 68.2 Å². The van der Waals surface area contributed by atoms with Crippen LogP contribution in [0.5, 0.6) is 0 Å². The van der Waals surface area contributed by atoms with E-state index in [-0.39, 0.29) is 96.5 Å². The van der Waals surface area contributed by atoms with Gasteiger partial charge in [0.2, 0.25) is 12.6 Å². The van der Waals surface area contributed by atoms with Crippen molar-refractivity contribution in [1.82, 2.24) is 0 Å². The fourth-order valence-corrected chi connectivity index (χ4v) is 27.4. The second-order valence-corrected chi connectivity index (χ2v) is 49.2. The highest BCUT2D eigenvalue weighted by molar-refractivity contribution is 5.78. The highest BCUT2D eigenvalue weighted by Crippen LogP contribution is 2.78. The Morgan fingerprint density at radius 3 is 0.949 bits per heavy atom. The second kappa shape index (κ2) is 33.9. The summed E-state index contributed by atoms with van der Waals surface area (Å²) in [6, 6.07) is 0. The van der Waals surface area contributed by atoms with Crippen LogP contribution in [-0.2, 0) is 66.7 Å². The molecule has 22 aliphatic rings. The topological polar surface area (TPSA) is 176 Å². The average Bonchev–Trinajstić information content (AvgIpc) is 0.800. The second-order valence-electron chi connectivity index (χ2n) is 49.2. The van der Waals surface area contributed by atoms with Crippen molar-refractivity contribution in [3.63, 3.8) is 0 Å². The van der Waals surface area contributed by atoms with Crippen LogP contribution in [0.2, 0.25) is 0 Å². The molecule has 0 aromatic rings. The van der Waals surface area contributed by atoms with Gasteiger partial charge >= 0.3 is 35.8 Å². The molecule has 14 nitrogen and oxygen atoms in total. The number of hydrogen-bond acceptors (Lipinski definition) is 14. The van der Waals surface area contributed by atoms with Gasteiger partial charge in [0.15, 0.2) is 0 Å². The van der Waals surface area contributed by atoms with Gasteiger partial charge in [0.05, 0.1) is 43.7 Å². The average molecular weight is 1640 g/mol. The highest BCUT2D eigenvalue weighted by atomic mass is 16.7. The zero-order valence-electron chi connectivity index (χ0n) is 80.4. The van der Waals surface area contributed by atoms with Crippen LogP contribution in [0.15, 0.2) is 0 Å². The summed E-state index contributed by atoms with van der Waals surface area (Å²) in [7, 11) is 0. The van der Waals surface area contributed by atoms with E-state index in [4.69, 9.17) is 37.9 Å². The van der Waals surface area contributed by atoms with Crippen molar-refractivity contribution in [3.05, 3.63) is 0 Å². The third kappa shape index (κ3) is 18.7.